The molecule has 2 heterocycles. The number of hydrogen-bond donors (Lipinski definition) is 3. The Hall–Kier alpha value is -1.90. The topological polar surface area (TPSA) is 53.3 Å². The Kier molecular flexibility index (Phi) is 6.51. The zero-order chi connectivity index (χ0) is 23.0. The first-order valence-electron chi connectivity index (χ1n) is 11.9. The van der Waals surface area contributed by atoms with E-state index in [9.17, 15) is 13.2 Å². The van der Waals surface area contributed by atoms with Gasteiger partial charge in [0.25, 0.3) is 0 Å². The Balaban J connectivity index is 1.37. The molecule has 8 heteroatoms. The third-order valence-electron chi connectivity index (χ3n) is 7.08. The van der Waals surface area contributed by atoms with Gasteiger partial charge in [0.15, 0.2) is 0 Å². The maximum absolute atomic E-state index is 13.7. The third-order valence-corrected chi connectivity index (χ3v) is 8.27. The monoisotopic (exact) mass is 476 g/mol. The molecule has 4 N–H and O–H groups in total. The van der Waals surface area contributed by atoms with Crippen LogP contribution in [0.5, 0.6) is 0 Å². The van der Waals surface area contributed by atoms with Crippen molar-refractivity contribution < 1.29 is 13.2 Å². The molecule has 2 bridgehead atoms. The minimum absolute atomic E-state index is 0.575. The van der Waals surface area contributed by atoms with E-state index in [1.54, 1.807) is 0 Å². The molecule has 2 unspecified atom stereocenters. The summed E-state index contributed by atoms with van der Waals surface area (Å²) < 4.78 is 41.0. The van der Waals surface area contributed by atoms with Gasteiger partial charge in [-0.2, -0.15) is 13.2 Å². The summed E-state index contributed by atoms with van der Waals surface area (Å²) >= 11 is 1.48. The van der Waals surface area contributed by atoms with Crippen molar-refractivity contribution in [3.05, 3.63) is 47.0 Å². The van der Waals surface area contributed by atoms with Crippen molar-refractivity contribution in [2.75, 3.05) is 42.9 Å². The van der Waals surface area contributed by atoms with E-state index in [4.69, 9.17) is 5.73 Å². The average molecular weight is 477 g/mol. The second kappa shape index (κ2) is 9.39. The predicted octanol–water partition coefficient (Wildman–Crippen LogP) is 5.10. The van der Waals surface area contributed by atoms with Gasteiger partial charge < -0.3 is 21.3 Å². The molecule has 2 atom stereocenters. The normalized spacial score (nSPS) is 21.3. The van der Waals surface area contributed by atoms with E-state index in [1.807, 2.05) is 0 Å². The second-order valence-corrected chi connectivity index (χ2v) is 10.5. The van der Waals surface area contributed by atoms with Crippen molar-refractivity contribution in [2.45, 2.75) is 54.1 Å². The fraction of sp³-hybridized carbons (Fsp3) is 0.520. The Bertz CT molecular complexity index is 1010. The predicted molar refractivity (Wildman–Crippen MR) is 128 cm³/mol. The zero-order valence-electron chi connectivity index (χ0n) is 18.7. The van der Waals surface area contributed by atoms with E-state index >= 15 is 0 Å². The number of alkyl halides is 3. The summed E-state index contributed by atoms with van der Waals surface area (Å²) in [5.74, 6) is 0.799. The summed E-state index contributed by atoms with van der Waals surface area (Å²) in [5.41, 5.74) is 8.85. The molecule has 5 rings (SSSR count). The van der Waals surface area contributed by atoms with Gasteiger partial charge in [-0.05, 0) is 73.5 Å². The number of halogens is 3. The first-order chi connectivity index (χ1) is 15.9. The van der Waals surface area contributed by atoms with Crippen LogP contribution in [0.15, 0.2) is 40.1 Å². The molecule has 1 saturated heterocycles. The van der Waals surface area contributed by atoms with Crippen molar-refractivity contribution in [3.8, 4) is 0 Å². The highest BCUT2D eigenvalue weighted by Gasteiger charge is 2.38. The summed E-state index contributed by atoms with van der Waals surface area (Å²) in [4.78, 5) is 4.29. The van der Waals surface area contributed by atoms with Crippen LogP contribution >= 0.6 is 11.8 Å². The number of nitrogens with one attached hydrogen (secondary N) is 2. The van der Waals surface area contributed by atoms with Gasteiger partial charge in [-0.15, -0.1) is 0 Å². The van der Waals surface area contributed by atoms with Gasteiger partial charge >= 0.3 is 6.18 Å². The number of hydrogen-bond acceptors (Lipinski definition) is 5. The summed E-state index contributed by atoms with van der Waals surface area (Å²) in [6.45, 7) is 3.82. The summed E-state index contributed by atoms with van der Waals surface area (Å²) in [5, 5.41) is 6.49. The molecule has 178 valence electrons. The molecule has 1 aliphatic carbocycles. The molecule has 4 nitrogen and oxygen atoms in total. The van der Waals surface area contributed by atoms with Crippen LogP contribution in [0.4, 0.5) is 24.5 Å². The lowest BCUT2D eigenvalue weighted by Gasteiger charge is -2.31. The lowest BCUT2D eigenvalue weighted by atomic mass is 9.99. The molecule has 2 aromatic rings. The molecule has 2 aliphatic heterocycles. The van der Waals surface area contributed by atoms with Gasteiger partial charge in [0.2, 0.25) is 0 Å². The molecular weight excluding hydrogens is 445 g/mol. The highest BCUT2D eigenvalue weighted by molar-refractivity contribution is 7.99. The summed E-state index contributed by atoms with van der Waals surface area (Å²) in [6, 6.07) is 9.78. The molecule has 2 aromatic carbocycles. The maximum atomic E-state index is 13.7. The zero-order valence-corrected chi connectivity index (χ0v) is 19.5. The van der Waals surface area contributed by atoms with Crippen LogP contribution in [0.3, 0.4) is 0 Å². The Morgan fingerprint density at radius 1 is 1.06 bits per heavy atom. The van der Waals surface area contributed by atoms with E-state index in [0.29, 0.717) is 36.1 Å². The number of piperidine rings is 1. The molecule has 0 spiro atoms. The van der Waals surface area contributed by atoms with E-state index in [0.717, 1.165) is 42.4 Å². The smallest absolute Gasteiger partial charge is 0.385 e. The van der Waals surface area contributed by atoms with Gasteiger partial charge in [0, 0.05) is 59.8 Å². The van der Waals surface area contributed by atoms with Crippen LogP contribution in [0, 0.1) is 5.92 Å². The molecule has 0 aromatic heterocycles. The van der Waals surface area contributed by atoms with Gasteiger partial charge in [-0.25, -0.2) is 0 Å². The number of benzene rings is 2. The number of nitrogens with two attached hydrogens (primary N) is 1. The molecule has 3 aliphatic rings. The first kappa shape index (κ1) is 22.9. The maximum Gasteiger partial charge on any atom is 0.416 e. The van der Waals surface area contributed by atoms with Crippen LogP contribution in [-0.4, -0.2) is 38.8 Å². The molecule has 1 saturated carbocycles. The van der Waals surface area contributed by atoms with Crippen molar-refractivity contribution >= 4 is 23.1 Å². The van der Waals surface area contributed by atoms with Crippen LogP contribution in [-0.2, 0) is 12.6 Å². The number of fused-ring (bicyclic) bond motifs is 4. The quantitative estimate of drug-likeness (QED) is 0.395. The highest BCUT2D eigenvalue weighted by atomic mass is 32.2. The van der Waals surface area contributed by atoms with Crippen molar-refractivity contribution in [1.82, 2.24) is 5.32 Å². The van der Waals surface area contributed by atoms with E-state index in [2.05, 4.69) is 33.7 Å². The third kappa shape index (κ3) is 4.84. The minimum atomic E-state index is -4.37. The molecular formula is C25H31F3N4S. The van der Waals surface area contributed by atoms with Crippen molar-refractivity contribution in [1.29, 1.82) is 0 Å². The van der Waals surface area contributed by atoms with Crippen LogP contribution in [0.2, 0.25) is 0 Å². The van der Waals surface area contributed by atoms with Gasteiger partial charge in [-0.1, -0.05) is 17.8 Å². The van der Waals surface area contributed by atoms with Crippen LogP contribution in [0.25, 0.3) is 0 Å². The fourth-order valence-electron chi connectivity index (χ4n) is 5.42. The minimum Gasteiger partial charge on any atom is -0.385 e. The van der Waals surface area contributed by atoms with Crippen LogP contribution in [0.1, 0.15) is 42.4 Å². The number of nitrogens with zero attached hydrogens (tertiary/aromatic N) is 1. The SMILES string of the molecule is NCCNCCCNc1cc(C(F)(F)F)cc2c1Cc1ccc(N3CC4CCC3C4)cc1S2. The fourth-order valence-corrected chi connectivity index (χ4v) is 6.60. The van der Waals surface area contributed by atoms with E-state index in [-0.39, 0.29) is 0 Å². The number of rotatable bonds is 8. The molecule has 33 heavy (non-hydrogen) atoms. The van der Waals surface area contributed by atoms with Crippen LogP contribution < -0.4 is 21.3 Å². The Labute approximate surface area is 197 Å². The first-order valence-corrected chi connectivity index (χ1v) is 12.7. The number of anilines is 2. The summed E-state index contributed by atoms with van der Waals surface area (Å²) in [7, 11) is 0. The van der Waals surface area contributed by atoms with Crippen molar-refractivity contribution in [2.24, 2.45) is 11.7 Å². The Morgan fingerprint density at radius 2 is 1.94 bits per heavy atom. The lowest BCUT2D eigenvalue weighted by Crippen LogP contribution is -2.31. The standard InChI is InChI=1S/C25H31F3N4S/c26-25(27,28)18-12-22(31-8-1-7-30-9-6-29)21-11-17-3-5-20(14-23(17)33-24(21)13-18)32-15-16-2-4-19(32)10-16/h3,5,12-14,16,19,30-31H,1-2,4,6-11,15,29H2. The van der Waals surface area contributed by atoms with Gasteiger partial charge in [0.05, 0.1) is 5.56 Å². The average Bonchev–Trinajstić information content (AvgIpc) is 3.43. The second-order valence-electron chi connectivity index (χ2n) is 9.37. The van der Waals surface area contributed by atoms with E-state index < -0.39 is 11.7 Å². The van der Waals surface area contributed by atoms with Gasteiger partial charge in [0.1, 0.15) is 0 Å². The highest BCUT2D eigenvalue weighted by Crippen LogP contribution is 2.47. The molecule has 2 fully saturated rings. The summed E-state index contributed by atoms with van der Waals surface area (Å²) in [6.07, 6.45) is 0.952. The van der Waals surface area contributed by atoms with Crippen molar-refractivity contribution in [3.63, 3.8) is 0 Å². The molecule has 0 amide bonds. The van der Waals surface area contributed by atoms with Gasteiger partial charge in [-0.3, -0.25) is 0 Å². The van der Waals surface area contributed by atoms with E-state index in [1.165, 1.54) is 54.4 Å². The molecule has 0 radical (unpaired) electrons. The lowest BCUT2D eigenvalue weighted by molar-refractivity contribution is -0.137. The largest absolute Gasteiger partial charge is 0.416 e. The Morgan fingerprint density at radius 3 is 2.67 bits per heavy atom.